The van der Waals surface area contributed by atoms with Gasteiger partial charge in [0.1, 0.15) is 11.3 Å². The largest absolute Gasteiger partial charge is 0.459 e. The minimum atomic E-state index is 0.387. The fourth-order valence-corrected chi connectivity index (χ4v) is 4.61. The molecular formula is C18H23NO. The molecule has 2 saturated carbocycles. The smallest absolute Gasteiger partial charge is 0.134 e. The predicted octanol–water partition coefficient (Wildman–Crippen LogP) is 4.44. The summed E-state index contributed by atoms with van der Waals surface area (Å²) >= 11 is 0. The van der Waals surface area contributed by atoms with Crippen molar-refractivity contribution < 1.29 is 4.42 Å². The average molecular weight is 269 g/mol. The summed E-state index contributed by atoms with van der Waals surface area (Å²) in [6.07, 6.45) is 5.71. The van der Waals surface area contributed by atoms with Crippen molar-refractivity contribution in [3.63, 3.8) is 0 Å². The van der Waals surface area contributed by atoms with Gasteiger partial charge in [0.2, 0.25) is 0 Å². The molecule has 0 radical (unpaired) electrons. The zero-order valence-electron chi connectivity index (χ0n) is 12.4. The minimum absolute atomic E-state index is 0.387. The second-order valence-corrected chi connectivity index (χ2v) is 6.80. The molecule has 20 heavy (non-hydrogen) atoms. The molecule has 1 aromatic carbocycles. The lowest BCUT2D eigenvalue weighted by Crippen LogP contribution is -2.28. The molecule has 2 bridgehead atoms. The molecule has 2 fully saturated rings. The second kappa shape index (κ2) is 4.63. The molecule has 1 aromatic heterocycles. The molecule has 1 N–H and O–H groups in total. The first kappa shape index (κ1) is 12.5. The lowest BCUT2D eigenvalue weighted by Gasteiger charge is -2.28. The molecule has 2 aliphatic carbocycles. The molecule has 0 spiro atoms. The van der Waals surface area contributed by atoms with Gasteiger partial charge in [0.05, 0.1) is 6.04 Å². The van der Waals surface area contributed by atoms with Gasteiger partial charge in [0.25, 0.3) is 0 Å². The van der Waals surface area contributed by atoms with Crippen LogP contribution in [0.5, 0.6) is 0 Å². The highest BCUT2D eigenvalue weighted by molar-refractivity contribution is 5.78. The van der Waals surface area contributed by atoms with Crippen molar-refractivity contribution in [2.45, 2.75) is 38.6 Å². The molecule has 2 nitrogen and oxygen atoms in total. The molecule has 4 atom stereocenters. The van der Waals surface area contributed by atoms with Gasteiger partial charge in [-0.15, -0.1) is 0 Å². The first-order valence-corrected chi connectivity index (χ1v) is 7.92. The van der Waals surface area contributed by atoms with Gasteiger partial charge in [-0.25, -0.2) is 0 Å². The van der Waals surface area contributed by atoms with Gasteiger partial charge in [-0.2, -0.15) is 0 Å². The Kier molecular flexibility index (Phi) is 2.88. The van der Waals surface area contributed by atoms with E-state index in [4.69, 9.17) is 4.42 Å². The van der Waals surface area contributed by atoms with E-state index >= 15 is 0 Å². The van der Waals surface area contributed by atoms with Crippen LogP contribution in [0.25, 0.3) is 11.0 Å². The predicted molar refractivity (Wildman–Crippen MR) is 81.7 cm³/mol. The topological polar surface area (TPSA) is 25.2 Å². The van der Waals surface area contributed by atoms with E-state index < -0.39 is 0 Å². The van der Waals surface area contributed by atoms with Crippen LogP contribution < -0.4 is 5.32 Å². The van der Waals surface area contributed by atoms with Crippen LogP contribution >= 0.6 is 0 Å². The number of rotatable bonds is 3. The highest BCUT2D eigenvalue weighted by Gasteiger charge is 2.43. The van der Waals surface area contributed by atoms with Gasteiger partial charge in [-0.3, -0.25) is 0 Å². The van der Waals surface area contributed by atoms with Crippen molar-refractivity contribution in [2.75, 3.05) is 7.05 Å². The van der Waals surface area contributed by atoms with E-state index in [2.05, 4.69) is 43.6 Å². The molecule has 4 unspecified atom stereocenters. The summed E-state index contributed by atoms with van der Waals surface area (Å²) in [7, 11) is 2.08. The third kappa shape index (κ3) is 1.89. The fraction of sp³-hybridized carbons (Fsp3) is 0.556. The average Bonchev–Trinajstić information content (AvgIpc) is 3.13. The van der Waals surface area contributed by atoms with E-state index in [0.29, 0.717) is 6.04 Å². The zero-order chi connectivity index (χ0) is 13.7. The van der Waals surface area contributed by atoms with Crippen molar-refractivity contribution in [1.29, 1.82) is 0 Å². The number of benzene rings is 1. The lowest BCUT2D eigenvalue weighted by atomic mass is 9.82. The zero-order valence-corrected chi connectivity index (χ0v) is 12.4. The number of nitrogens with one attached hydrogen (secondary N) is 1. The van der Waals surface area contributed by atoms with E-state index in [-0.39, 0.29) is 0 Å². The van der Waals surface area contributed by atoms with Gasteiger partial charge in [0, 0.05) is 5.39 Å². The van der Waals surface area contributed by atoms with Crippen LogP contribution in [0.1, 0.15) is 43.0 Å². The normalized spacial score (nSPS) is 30.2. The second-order valence-electron chi connectivity index (χ2n) is 6.80. The van der Waals surface area contributed by atoms with Crippen LogP contribution in [0.3, 0.4) is 0 Å². The van der Waals surface area contributed by atoms with Gasteiger partial charge >= 0.3 is 0 Å². The van der Waals surface area contributed by atoms with Crippen molar-refractivity contribution in [3.8, 4) is 0 Å². The third-order valence-corrected chi connectivity index (χ3v) is 5.53. The number of furan rings is 1. The van der Waals surface area contributed by atoms with Crippen molar-refractivity contribution in [3.05, 3.63) is 35.6 Å². The number of fused-ring (bicyclic) bond motifs is 3. The highest BCUT2D eigenvalue weighted by atomic mass is 16.3. The Morgan fingerprint density at radius 3 is 2.80 bits per heavy atom. The van der Waals surface area contributed by atoms with Crippen molar-refractivity contribution in [1.82, 2.24) is 5.32 Å². The summed E-state index contributed by atoms with van der Waals surface area (Å²) in [5.74, 6) is 3.78. The third-order valence-electron chi connectivity index (χ3n) is 5.53. The highest BCUT2D eigenvalue weighted by Crippen LogP contribution is 2.52. The fourth-order valence-electron chi connectivity index (χ4n) is 4.61. The molecule has 106 valence electrons. The van der Waals surface area contributed by atoms with Gasteiger partial charge in [-0.05, 0) is 69.2 Å². The minimum Gasteiger partial charge on any atom is -0.459 e. The summed E-state index contributed by atoms with van der Waals surface area (Å²) in [5.41, 5.74) is 2.32. The SMILES string of the molecule is CNC(c1cc2cc(C)ccc2o1)C1CC2CCC1C2. The molecule has 2 heteroatoms. The summed E-state index contributed by atoms with van der Waals surface area (Å²) in [6, 6.07) is 9.08. The first-order chi connectivity index (χ1) is 9.74. The van der Waals surface area contributed by atoms with Crippen LogP contribution in [0.15, 0.2) is 28.7 Å². The number of hydrogen-bond acceptors (Lipinski definition) is 2. The van der Waals surface area contributed by atoms with E-state index in [0.717, 1.165) is 29.1 Å². The van der Waals surface area contributed by atoms with Crippen LogP contribution in [0.4, 0.5) is 0 Å². The molecule has 1 heterocycles. The maximum absolute atomic E-state index is 6.13. The molecule has 0 saturated heterocycles. The Balaban J connectivity index is 1.69. The summed E-state index contributed by atoms with van der Waals surface area (Å²) in [5, 5.41) is 4.77. The Morgan fingerprint density at radius 1 is 1.20 bits per heavy atom. The number of hydrogen-bond donors (Lipinski definition) is 1. The van der Waals surface area contributed by atoms with Crippen LogP contribution in [-0.2, 0) is 0 Å². The van der Waals surface area contributed by atoms with Crippen molar-refractivity contribution in [2.24, 2.45) is 17.8 Å². The molecule has 0 aliphatic heterocycles. The molecule has 4 rings (SSSR count). The van der Waals surface area contributed by atoms with E-state index in [1.165, 1.54) is 36.6 Å². The van der Waals surface area contributed by atoms with Crippen LogP contribution in [0, 0.1) is 24.7 Å². The lowest BCUT2D eigenvalue weighted by molar-refractivity contribution is 0.237. The Morgan fingerprint density at radius 2 is 2.10 bits per heavy atom. The number of aryl methyl sites for hydroxylation is 1. The Hall–Kier alpha value is -1.28. The first-order valence-electron chi connectivity index (χ1n) is 7.92. The van der Waals surface area contributed by atoms with Crippen LogP contribution in [-0.4, -0.2) is 7.05 Å². The van der Waals surface area contributed by atoms with Gasteiger partial charge in [-0.1, -0.05) is 18.1 Å². The standard InChI is InChI=1S/C18H23NO/c1-11-3-6-16-14(7-11)10-17(20-16)18(19-2)15-9-12-4-5-13(15)8-12/h3,6-7,10,12-13,15,18-19H,4-5,8-9H2,1-2H3. The molecule has 0 amide bonds. The van der Waals surface area contributed by atoms with Gasteiger partial charge < -0.3 is 9.73 Å². The monoisotopic (exact) mass is 269 g/mol. The summed E-state index contributed by atoms with van der Waals surface area (Å²) in [4.78, 5) is 0. The Labute approximate surface area is 120 Å². The quantitative estimate of drug-likeness (QED) is 0.891. The maximum Gasteiger partial charge on any atom is 0.134 e. The summed E-state index contributed by atoms with van der Waals surface area (Å²) in [6.45, 7) is 2.14. The molecule has 2 aliphatic rings. The van der Waals surface area contributed by atoms with Crippen LogP contribution in [0.2, 0.25) is 0 Å². The maximum atomic E-state index is 6.13. The Bertz CT molecular complexity index is 629. The van der Waals surface area contributed by atoms with Crippen molar-refractivity contribution >= 4 is 11.0 Å². The molecule has 2 aromatic rings. The molecular weight excluding hydrogens is 246 g/mol. The van der Waals surface area contributed by atoms with E-state index in [1.54, 1.807) is 0 Å². The van der Waals surface area contributed by atoms with Gasteiger partial charge in [0.15, 0.2) is 0 Å². The summed E-state index contributed by atoms with van der Waals surface area (Å²) < 4.78 is 6.13. The van der Waals surface area contributed by atoms with E-state index in [1.807, 2.05) is 0 Å². The van der Waals surface area contributed by atoms with E-state index in [9.17, 15) is 0 Å².